The van der Waals surface area contributed by atoms with Gasteiger partial charge in [0.1, 0.15) is 5.82 Å². The molecule has 94 valence electrons. The number of aromatic nitrogens is 3. The van der Waals surface area contributed by atoms with Crippen molar-refractivity contribution in [2.45, 2.75) is 32.2 Å². The maximum Gasteiger partial charge on any atom is 0.181 e. The summed E-state index contributed by atoms with van der Waals surface area (Å²) in [6, 6.07) is 8.15. The summed E-state index contributed by atoms with van der Waals surface area (Å²) < 4.78 is 2.05. The van der Waals surface area contributed by atoms with Crippen LogP contribution in [-0.4, -0.2) is 14.8 Å². The molecule has 0 saturated heterocycles. The number of benzene rings is 1. The molecule has 18 heavy (non-hydrogen) atoms. The van der Waals surface area contributed by atoms with Gasteiger partial charge in [0.15, 0.2) is 5.82 Å². The summed E-state index contributed by atoms with van der Waals surface area (Å²) in [5.41, 5.74) is 2.19. The zero-order chi connectivity index (χ0) is 12.5. The van der Waals surface area contributed by atoms with Gasteiger partial charge in [0, 0.05) is 24.4 Å². The van der Waals surface area contributed by atoms with Crippen molar-refractivity contribution in [3.05, 3.63) is 35.7 Å². The minimum absolute atomic E-state index is 0.547. The second-order valence-corrected chi connectivity index (χ2v) is 5.27. The van der Waals surface area contributed by atoms with Crippen molar-refractivity contribution >= 4 is 11.6 Å². The van der Waals surface area contributed by atoms with Crippen molar-refractivity contribution in [1.82, 2.24) is 14.8 Å². The van der Waals surface area contributed by atoms with Crippen LogP contribution in [0.4, 0.5) is 0 Å². The zero-order valence-corrected chi connectivity index (χ0v) is 11.2. The van der Waals surface area contributed by atoms with E-state index < -0.39 is 0 Å². The van der Waals surface area contributed by atoms with E-state index >= 15 is 0 Å². The SMILES string of the molecule is CC1CCn2nc(-c3ccc(CCl)cc3)nc2C1. The molecule has 2 heterocycles. The molecule has 0 N–H and O–H groups in total. The molecular formula is C14H16ClN3. The van der Waals surface area contributed by atoms with E-state index in [0.717, 1.165) is 35.7 Å². The van der Waals surface area contributed by atoms with Crippen molar-refractivity contribution in [3.63, 3.8) is 0 Å². The first-order chi connectivity index (χ1) is 8.76. The first-order valence-electron chi connectivity index (χ1n) is 6.35. The second kappa shape index (κ2) is 4.73. The average Bonchev–Trinajstić information content (AvgIpc) is 2.81. The lowest BCUT2D eigenvalue weighted by Gasteiger charge is -2.17. The van der Waals surface area contributed by atoms with E-state index in [0.29, 0.717) is 11.8 Å². The Labute approximate surface area is 112 Å². The lowest BCUT2D eigenvalue weighted by atomic mass is 10.0. The molecule has 0 bridgehead atoms. The number of halogens is 1. The fourth-order valence-corrected chi connectivity index (χ4v) is 2.50. The summed E-state index contributed by atoms with van der Waals surface area (Å²) in [5, 5.41) is 4.58. The molecule has 1 aliphatic rings. The molecule has 1 atom stereocenters. The average molecular weight is 262 g/mol. The highest BCUT2D eigenvalue weighted by atomic mass is 35.5. The topological polar surface area (TPSA) is 30.7 Å². The van der Waals surface area contributed by atoms with Crippen LogP contribution in [0.5, 0.6) is 0 Å². The Balaban J connectivity index is 1.92. The van der Waals surface area contributed by atoms with Gasteiger partial charge in [0.2, 0.25) is 0 Å². The molecule has 0 spiro atoms. The lowest BCUT2D eigenvalue weighted by Crippen LogP contribution is -2.18. The van der Waals surface area contributed by atoms with E-state index in [1.54, 1.807) is 0 Å². The molecule has 0 radical (unpaired) electrons. The smallest absolute Gasteiger partial charge is 0.181 e. The predicted molar refractivity (Wildman–Crippen MR) is 72.5 cm³/mol. The van der Waals surface area contributed by atoms with Crippen molar-refractivity contribution < 1.29 is 0 Å². The minimum atomic E-state index is 0.547. The maximum absolute atomic E-state index is 5.79. The van der Waals surface area contributed by atoms with Crippen LogP contribution >= 0.6 is 11.6 Å². The Morgan fingerprint density at radius 1 is 1.33 bits per heavy atom. The Kier molecular flexibility index (Phi) is 3.08. The van der Waals surface area contributed by atoms with E-state index in [2.05, 4.69) is 17.0 Å². The monoisotopic (exact) mass is 261 g/mol. The van der Waals surface area contributed by atoms with Gasteiger partial charge in [-0.15, -0.1) is 11.6 Å². The van der Waals surface area contributed by atoms with Gasteiger partial charge in [-0.25, -0.2) is 9.67 Å². The lowest BCUT2D eigenvalue weighted by molar-refractivity contribution is 0.386. The molecule has 1 unspecified atom stereocenters. The molecule has 0 amide bonds. The highest BCUT2D eigenvalue weighted by Gasteiger charge is 2.19. The van der Waals surface area contributed by atoms with Gasteiger partial charge in [-0.2, -0.15) is 5.10 Å². The quantitative estimate of drug-likeness (QED) is 0.777. The number of hydrogen-bond donors (Lipinski definition) is 0. The molecule has 0 fully saturated rings. The number of rotatable bonds is 2. The summed E-state index contributed by atoms with van der Waals surface area (Å²) in [7, 11) is 0. The number of alkyl halides is 1. The Hall–Kier alpha value is -1.35. The van der Waals surface area contributed by atoms with E-state index in [9.17, 15) is 0 Å². The third kappa shape index (κ3) is 2.15. The predicted octanol–water partition coefficient (Wildman–Crippen LogP) is 3.27. The van der Waals surface area contributed by atoms with E-state index in [1.807, 2.05) is 28.9 Å². The standard InChI is InChI=1S/C14H16ClN3/c1-10-6-7-18-13(8-10)16-14(17-18)12-4-2-11(9-15)3-5-12/h2-5,10H,6-9H2,1H3. The highest BCUT2D eigenvalue weighted by Crippen LogP contribution is 2.22. The summed E-state index contributed by atoms with van der Waals surface area (Å²) in [6.07, 6.45) is 2.23. The zero-order valence-electron chi connectivity index (χ0n) is 10.4. The summed E-state index contributed by atoms with van der Waals surface area (Å²) in [5.74, 6) is 3.21. The van der Waals surface area contributed by atoms with Crippen LogP contribution in [0.2, 0.25) is 0 Å². The van der Waals surface area contributed by atoms with E-state index in [-0.39, 0.29) is 0 Å². The number of nitrogens with zero attached hydrogens (tertiary/aromatic N) is 3. The van der Waals surface area contributed by atoms with Crippen LogP contribution in [0, 0.1) is 5.92 Å². The molecule has 0 saturated carbocycles. The van der Waals surface area contributed by atoms with Crippen LogP contribution in [-0.2, 0) is 18.8 Å². The van der Waals surface area contributed by atoms with Gasteiger partial charge in [-0.3, -0.25) is 0 Å². The first-order valence-corrected chi connectivity index (χ1v) is 6.88. The van der Waals surface area contributed by atoms with Gasteiger partial charge in [-0.05, 0) is 17.9 Å². The molecular weight excluding hydrogens is 246 g/mol. The van der Waals surface area contributed by atoms with Gasteiger partial charge < -0.3 is 0 Å². The van der Waals surface area contributed by atoms with Crippen LogP contribution in [0.25, 0.3) is 11.4 Å². The summed E-state index contributed by atoms with van der Waals surface area (Å²) >= 11 is 5.79. The normalized spacial score (nSPS) is 18.7. The summed E-state index contributed by atoms with van der Waals surface area (Å²) in [6.45, 7) is 3.26. The minimum Gasteiger partial charge on any atom is -0.249 e. The van der Waals surface area contributed by atoms with Crippen molar-refractivity contribution in [1.29, 1.82) is 0 Å². The number of aryl methyl sites for hydroxylation is 1. The fourth-order valence-electron chi connectivity index (χ4n) is 2.33. The summed E-state index contributed by atoms with van der Waals surface area (Å²) in [4.78, 5) is 4.65. The molecule has 1 aromatic carbocycles. The van der Waals surface area contributed by atoms with Crippen LogP contribution in [0.1, 0.15) is 24.7 Å². The van der Waals surface area contributed by atoms with Gasteiger partial charge >= 0.3 is 0 Å². The second-order valence-electron chi connectivity index (χ2n) is 5.00. The molecule has 1 aliphatic heterocycles. The van der Waals surface area contributed by atoms with Crippen molar-refractivity contribution in [2.24, 2.45) is 5.92 Å². The first kappa shape index (κ1) is 11.7. The molecule has 0 aliphatic carbocycles. The molecule has 1 aromatic heterocycles. The molecule has 3 nitrogen and oxygen atoms in total. The largest absolute Gasteiger partial charge is 0.249 e. The third-order valence-corrected chi connectivity index (χ3v) is 3.79. The Morgan fingerprint density at radius 2 is 2.11 bits per heavy atom. The molecule has 4 heteroatoms. The van der Waals surface area contributed by atoms with Crippen LogP contribution in [0.15, 0.2) is 24.3 Å². The maximum atomic E-state index is 5.79. The van der Waals surface area contributed by atoms with Crippen LogP contribution in [0.3, 0.4) is 0 Å². The van der Waals surface area contributed by atoms with Crippen molar-refractivity contribution in [3.8, 4) is 11.4 Å². The molecule has 2 aromatic rings. The highest BCUT2D eigenvalue weighted by molar-refractivity contribution is 6.17. The van der Waals surface area contributed by atoms with E-state index in [1.165, 1.54) is 6.42 Å². The third-order valence-electron chi connectivity index (χ3n) is 3.48. The van der Waals surface area contributed by atoms with Crippen molar-refractivity contribution in [2.75, 3.05) is 0 Å². The van der Waals surface area contributed by atoms with Crippen LogP contribution < -0.4 is 0 Å². The fraction of sp³-hybridized carbons (Fsp3) is 0.429. The van der Waals surface area contributed by atoms with E-state index in [4.69, 9.17) is 11.6 Å². The number of fused-ring (bicyclic) bond motifs is 1. The Morgan fingerprint density at radius 3 is 2.83 bits per heavy atom. The molecule has 3 rings (SSSR count). The van der Waals surface area contributed by atoms with Gasteiger partial charge in [0.25, 0.3) is 0 Å². The number of hydrogen-bond acceptors (Lipinski definition) is 2. The Bertz CT molecular complexity index is 545. The van der Waals surface area contributed by atoms with Gasteiger partial charge in [-0.1, -0.05) is 31.2 Å². The van der Waals surface area contributed by atoms with Gasteiger partial charge in [0.05, 0.1) is 0 Å².